The van der Waals surface area contributed by atoms with Gasteiger partial charge in [-0.25, -0.2) is 5.01 Å². The number of carbonyl (C=O) groups excluding carboxylic acids is 2. The number of nitrogens with one attached hydrogen (secondary N) is 1. The van der Waals surface area contributed by atoms with Crippen molar-refractivity contribution in [3.05, 3.63) is 30.3 Å². The van der Waals surface area contributed by atoms with Gasteiger partial charge in [-0.05, 0) is 32.4 Å². The van der Waals surface area contributed by atoms with Crippen molar-refractivity contribution in [2.75, 3.05) is 19.8 Å². The van der Waals surface area contributed by atoms with Crippen LogP contribution in [0, 0.1) is 0 Å². The first-order valence-corrected chi connectivity index (χ1v) is 8.49. The van der Waals surface area contributed by atoms with Crippen LogP contribution in [0.4, 0.5) is 0 Å². The van der Waals surface area contributed by atoms with Gasteiger partial charge in [0.2, 0.25) is 11.8 Å². The fraction of sp³-hybridized carbons (Fsp3) is 0.556. The van der Waals surface area contributed by atoms with Crippen LogP contribution in [0.5, 0.6) is 5.75 Å². The molecule has 7 heteroatoms. The van der Waals surface area contributed by atoms with Crippen LogP contribution in [-0.2, 0) is 19.1 Å². The summed E-state index contributed by atoms with van der Waals surface area (Å²) in [4.78, 5) is 24.4. The lowest BCUT2D eigenvalue weighted by Crippen LogP contribution is -2.61. The van der Waals surface area contributed by atoms with Crippen LogP contribution in [0.2, 0.25) is 0 Å². The second-order valence-corrected chi connectivity index (χ2v) is 6.91. The molecule has 2 saturated heterocycles. The topological polar surface area (TPSA) is 77.1 Å². The van der Waals surface area contributed by atoms with Crippen molar-refractivity contribution in [2.45, 2.75) is 44.4 Å². The molecule has 2 aliphatic heterocycles. The monoisotopic (exact) mass is 348 g/mol. The van der Waals surface area contributed by atoms with Crippen LogP contribution >= 0.6 is 0 Å². The number of ether oxygens (including phenoxy) is 3. The molecule has 1 N–H and O–H groups in total. The Hall–Kier alpha value is -2.12. The average molecular weight is 348 g/mol. The lowest BCUT2D eigenvalue weighted by atomic mass is 9.96. The van der Waals surface area contributed by atoms with Gasteiger partial charge >= 0.3 is 0 Å². The Morgan fingerprint density at radius 3 is 2.60 bits per heavy atom. The van der Waals surface area contributed by atoms with E-state index in [9.17, 15) is 9.59 Å². The van der Waals surface area contributed by atoms with Crippen molar-refractivity contribution < 1.29 is 23.8 Å². The standard InChI is InChI=1S/C18H24N2O5/c1-17(2)24-12-18(13-25-17)11-15(21)19-20(18)16(22)9-6-10-23-14-7-4-3-5-8-14/h3-5,7-8H,6,9-13H2,1-2H3,(H,19,21). The summed E-state index contributed by atoms with van der Waals surface area (Å²) in [5.41, 5.74) is 1.88. The molecule has 1 aromatic rings. The first-order chi connectivity index (χ1) is 11.9. The Morgan fingerprint density at radius 2 is 1.92 bits per heavy atom. The molecule has 0 radical (unpaired) electrons. The number of rotatable bonds is 5. The van der Waals surface area contributed by atoms with Crippen molar-refractivity contribution in [1.82, 2.24) is 10.4 Å². The lowest BCUT2D eigenvalue weighted by molar-refractivity contribution is -0.283. The minimum atomic E-state index is -0.760. The second kappa shape index (κ2) is 7.01. The van der Waals surface area contributed by atoms with Crippen molar-refractivity contribution in [2.24, 2.45) is 0 Å². The fourth-order valence-electron chi connectivity index (χ4n) is 2.96. The van der Waals surface area contributed by atoms with Crippen molar-refractivity contribution >= 4 is 11.8 Å². The summed E-state index contributed by atoms with van der Waals surface area (Å²) in [7, 11) is 0. The number of nitrogens with zero attached hydrogens (tertiary/aromatic N) is 1. The maximum absolute atomic E-state index is 12.6. The maximum Gasteiger partial charge on any atom is 0.241 e. The predicted molar refractivity (Wildman–Crippen MR) is 89.5 cm³/mol. The summed E-state index contributed by atoms with van der Waals surface area (Å²) < 4.78 is 17.0. The third kappa shape index (κ3) is 4.11. The van der Waals surface area contributed by atoms with Gasteiger partial charge in [-0.15, -0.1) is 0 Å². The van der Waals surface area contributed by atoms with Gasteiger partial charge < -0.3 is 14.2 Å². The van der Waals surface area contributed by atoms with Crippen molar-refractivity contribution in [3.63, 3.8) is 0 Å². The molecule has 0 aliphatic carbocycles. The summed E-state index contributed by atoms with van der Waals surface area (Å²) in [5.74, 6) is -0.276. The zero-order valence-corrected chi connectivity index (χ0v) is 14.6. The maximum atomic E-state index is 12.6. The van der Waals surface area contributed by atoms with E-state index in [-0.39, 0.29) is 37.9 Å². The molecule has 7 nitrogen and oxygen atoms in total. The smallest absolute Gasteiger partial charge is 0.241 e. The van der Waals surface area contributed by atoms with Gasteiger partial charge in [0.1, 0.15) is 11.3 Å². The molecule has 2 heterocycles. The van der Waals surface area contributed by atoms with E-state index in [4.69, 9.17) is 14.2 Å². The minimum absolute atomic E-state index is 0.158. The molecular weight excluding hydrogens is 324 g/mol. The number of benzene rings is 1. The van der Waals surface area contributed by atoms with E-state index in [1.54, 1.807) is 0 Å². The number of hydrogen-bond acceptors (Lipinski definition) is 5. The summed E-state index contributed by atoms with van der Waals surface area (Å²) in [6.07, 6.45) is 1.02. The lowest BCUT2D eigenvalue weighted by Gasteiger charge is -2.44. The van der Waals surface area contributed by atoms with Crippen LogP contribution in [-0.4, -0.2) is 48.0 Å². The summed E-state index contributed by atoms with van der Waals surface area (Å²) in [6.45, 7) is 4.61. The van der Waals surface area contributed by atoms with Gasteiger partial charge in [-0.2, -0.15) is 0 Å². The first kappa shape index (κ1) is 17.7. The second-order valence-electron chi connectivity index (χ2n) is 6.91. The van der Waals surface area contributed by atoms with Crippen LogP contribution in [0.1, 0.15) is 33.1 Å². The molecule has 25 heavy (non-hydrogen) atoms. The van der Waals surface area contributed by atoms with E-state index in [0.717, 1.165) is 5.75 Å². The Balaban J connectivity index is 1.52. The number of amides is 2. The van der Waals surface area contributed by atoms with Crippen LogP contribution in [0.15, 0.2) is 30.3 Å². The molecule has 3 rings (SSSR count). The Labute approximate surface area is 147 Å². The number of carbonyl (C=O) groups is 2. The summed E-state index contributed by atoms with van der Waals surface area (Å²) in [6, 6.07) is 9.45. The van der Waals surface area contributed by atoms with Crippen LogP contribution in [0.3, 0.4) is 0 Å². The number of hydrogen-bond donors (Lipinski definition) is 1. The van der Waals surface area contributed by atoms with Gasteiger partial charge in [-0.3, -0.25) is 15.0 Å². The Kier molecular flexibility index (Phi) is 4.96. The SMILES string of the molecule is CC1(C)OCC2(CO1)CC(=O)NN2C(=O)CCCOc1ccccc1. The Morgan fingerprint density at radius 1 is 1.24 bits per heavy atom. The third-order valence-electron chi connectivity index (χ3n) is 4.37. The fourth-order valence-corrected chi connectivity index (χ4v) is 2.96. The first-order valence-electron chi connectivity index (χ1n) is 8.49. The molecule has 2 fully saturated rings. The van der Waals surface area contributed by atoms with E-state index >= 15 is 0 Å². The van der Waals surface area contributed by atoms with Gasteiger partial charge in [0, 0.05) is 6.42 Å². The minimum Gasteiger partial charge on any atom is -0.494 e. The van der Waals surface area contributed by atoms with Gasteiger partial charge in [0.15, 0.2) is 5.79 Å². The van der Waals surface area contributed by atoms with E-state index < -0.39 is 11.3 Å². The number of para-hydroxylation sites is 1. The average Bonchev–Trinajstić information content (AvgIpc) is 2.92. The van der Waals surface area contributed by atoms with Crippen molar-refractivity contribution in [1.29, 1.82) is 0 Å². The third-order valence-corrected chi connectivity index (χ3v) is 4.37. The molecular formula is C18H24N2O5. The molecule has 1 spiro atoms. The highest BCUT2D eigenvalue weighted by molar-refractivity contribution is 5.87. The van der Waals surface area contributed by atoms with E-state index in [1.807, 2.05) is 44.2 Å². The molecule has 0 unspecified atom stereocenters. The Bertz CT molecular complexity index is 622. The van der Waals surface area contributed by atoms with Gasteiger partial charge in [0.05, 0.1) is 26.2 Å². The van der Waals surface area contributed by atoms with Crippen LogP contribution in [0.25, 0.3) is 0 Å². The van der Waals surface area contributed by atoms with E-state index in [0.29, 0.717) is 13.0 Å². The zero-order chi connectivity index (χ0) is 17.9. The molecule has 0 saturated carbocycles. The normalized spacial score (nSPS) is 21.2. The molecule has 0 bridgehead atoms. The highest BCUT2D eigenvalue weighted by atomic mass is 16.7. The van der Waals surface area contributed by atoms with Gasteiger partial charge in [0.25, 0.3) is 0 Å². The molecule has 2 amide bonds. The van der Waals surface area contributed by atoms with E-state index in [1.165, 1.54) is 5.01 Å². The highest BCUT2D eigenvalue weighted by Crippen LogP contribution is 2.33. The highest BCUT2D eigenvalue weighted by Gasteiger charge is 2.52. The van der Waals surface area contributed by atoms with E-state index in [2.05, 4.69) is 5.43 Å². The number of hydrazine groups is 1. The predicted octanol–water partition coefficient (Wildman–Crippen LogP) is 1.63. The molecule has 2 aliphatic rings. The molecule has 136 valence electrons. The van der Waals surface area contributed by atoms with Gasteiger partial charge in [-0.1, -0.05) is 18.2 Å². The van der Waals surface area contributed by atoms with Crippen molar-refractivity contribution in [3.8, 4) is 5.75 Å². The largest absolute Gasteiger partial charge is 0.494 e. The summed E-state index contributed by atoms with van der Waals surface area (Å²) in [5, 5.41) is 1.40. The summed E-state index contributed by atoms with van der Waals surface area (Å²) >= 11 is 0. The zero-order valence-electron chi connectivity index (χ0n) is 14.6. The molecule has 0 aromatic heterocycles. The quantitative estimate of drug-likeness (QED) is 0.819. The van der Waals surface area contributed by atoms with Crippen LogP contribution < -0.4 is 10.2 Å². The molecule has 1 aromatic carbocycles. The molecule has 0 atom stereocenters.